The SMILES string of the molecule is O=C(O)CC1CN(Cc2cncs2)C1. The Bertz CT molecular complexity index is 307. The number of aliphatic carboxylic acids is 1. The molecule has 1 fully saturated rings. The monoisotopic (exact) mass is 212 g/mol. The van der Waals surface area contributed by atoms with E-state index < -0.39 is 5.97 Å². The fraction of sp³-hybridized carbons (Fsp3) is 0.556. The van der Waals surface area contributed by atoms with Crippen LogP contribution >= 0.6 is 11.3 Å². The zero-order chi connectivity index (χ0) is 9.97. The van der Waals surface area contributed by atoms with Crippen LogP contribution in [-0.2, 0) is 11.3 Å². The summed E-state index contributed by atoms with van der Waals surface area (Å²) in [6, 6.07) is 0. The van der Waals surface area contributed by atoms with Crippen LogP contribution in [0, 0.1) is 5.92 Å². The van der Waals surface area contributed by atoms with Crippen molar-refractivity contribution in [1.29, 1.82) is 0 Å². The van der Waals surface area contributed by atoms with Gasteiger partial charge in [0.05, 0.1) is 11.9 Å². The van der Waals surface area contributed by atoms with Crippen LogP contribution in [0.3, 0.4) is 0 Å². The Balaban J connectivity index is 1.71. The van der Waals surface area contributed by atoms with Crippen molar-refractivity contribution in [2.75, 3.05) is 13.1 Å². The summed E-state index contributed by atoms with van der Waals surface area (Å²) in [6.07, 6.45) is 2.17. The summed E-state index contributed by atoms with van der Waals surface area (Å²) in [5.41, 5.74) is 1.82. The van der Waals surface area contributed by atoms with E-state index in [9.17, 15) is 4.79 Å². The second-order valence-electron chi connectivity index (χ2n) is 3.63. The highest BCUT2D eigenvalue weighted by Crippen LogP contribution is 2.22. The van der Waals surface area contributed by atoms with E-state index in [1.165, 1.54) is 4.88 Å². The standard InChI is InChI=1S/C9H12N2O2S/c12-9(13)1-7-3-11(4-7)5-8-2-10-6-14-8/h2,6-7H,1,3-5H2,(H,12,13). The molecular weight excluding hydrogens is 200 g/mol. The molecule has 76 valence electrons. The summed E-state index contributed by atoms with van der Waals surface area (Å²) in [6.45, 7) is 2.73. The third-order valence-corrected chi connectivity index (χ3v) is 3.12. The predicted molar refractivity (Wildman–Crippen MR) is 53.1 cm³/mol. The second-order valence-corrected chi connectivity index (χ2v) is 4.60. The van der Waals surface area contributed by atoms with Crippen molar-refractivity contribution in [3.63, 3.8) is 0 Å². The van der Waals surface area contributed by atoms with Crippen LogP contribution in [0.4, 0.5) is 0 Å². The van der Waals surface area contributed by atoms with Gasteiger partial charge in [-0.25, -0.2) is 0 Å². The lowest BCUT2D eigenvalue weighted by Crippen LogP contribution is -2.46. The first-order valence-corrected chi connectivity index (χ1v) is 5.43. The number of aromatic nitrogens is 1. The number of likely N-dealkylation sites (tertiary alicyclic amines) is 1. The number of hydrogen-bond acceptors (Lipinski definition) is 4. The minimum atomic E-state index is -0.688. The molecule has 4 nitrogen and oxygen atoms in total. The molecule has 0 amide bonds. The predicted octanol–water partition coefficient (Wildman–Crippen LogP) is 1.05. The second kappa shape index (κ2) is 4.06. The molecule has 1 saturated heterocycles. The topological polar surface area (TPSA) is 53.4 Å². The molecule has 0 atom stereocenters. The molecule has 1 aromatic rings. The number of carboxylic acid groups (broad SMARTS) is 1. The van der Waals surface area contributed by atoms with E-state index in [0.717, 1.165) is 19.6 Å². The highest BCUT2D eigenvalue weighted by Gasteiger charge is 2.28. The van der Waals surface area contributed by atoms with Crippen molar-refractivity contribution < 1.29 is 9.90 Å². The van der Waals surface area contributed by atoms with E-state index in [1.54, 1.807) is 11.3 Å². The summed E-state index contributed by atoms with van der Waals surface area (Å²) in [7, 11) is 0. The summed E-state index contributed by atoms with van der Waals surface area (Å²) in [5, 5.41) is 8.57. The maximum Gasteiger partial charge on any atom is 0.303 e. The van der Waals surface area contributed by atoms with Gasteiger partial charge >= 0.3 is 5.97 Å². The Morgan fingerprint density at radius 1 is 1.71 bits per heavy atom. The number of thiazole rings is 1. The molecule has 14 heavy (non-hydrogen) atoms. The molecule has 0 aliphatic carbocycles. The summed E-state index contributed by atoms with van der Waals surface area (Å²) < 4.78 is 0. The molecule has 2 rings (SSSR count). The minimum Gasteiger partial charge on any atom is -0.481 e. The van der Waals surface area contributed by atoms with Crippen molar-refractivity contribution in [2.45, 2.75) is 13.0 Å². The fourth-order valence-corrected chi connectivity index (χ4v) is 2.36. The molecule has 0 aromatic carbocycles. The van der Waals surface area contributed by atoms with Crippen LogP contribution < -0.4 is 0 Å². The summed E-state index contributed by atoms with van der Waals surface area (Å²) >= 11 is 1.65. The zero-order valence-electron chi connectivity index (χ0n) is 7.72. The van der Waals surface area contributed by atoms with Crippen LogP contribution in [0.25, 0.3) is 0 Å². The van der Waals surface area contributed by atoms with Crippen molar-refractivity contribution in [2.24, 2.45) is 5.92 Å². The number of nitrogens with zero attached hydrogens (tertiary/aromatic N) is 2. The Kier molecular flexibility index (Phi) is 2.79. The average molecular weight is 212 g/mol. The molecule has 0 radical (unpaired) electrons. The summed E-state index contributed by atoms with van der Waals surface area (Å²) in [5.74, 6) is -0.340. The highest BCUT2D eigenvalue weighted by molar-refractivity contribution is 7.09. The van der Waals surface area contributed by atoms with Gasteiger partial charge in [0.15, 0.2) is 0 Å². The average Bonchev–Trinajstić information content (AvgIpc) is 2.52. The van der Waals surface area contributed by atoms with Crippen LogP contribution in [0.2, 0.25) is 0 Å². The first-order chi connectivity index (χ1) is 6.74. The van der Waals surface area contributed by atoms with Gasteiger partial charge in [-0.15, -0.1) is 11.3 Å². The van der Waals surface area contributed by atoms with Gasteiger partial charge in [-0.1, -0.05) is 0 Å². The van der Waals surface area contributed by atoms with Crippen LogP contribution in [-0.4, -0.2) is 34.0 Å². The van der Waals surface area contributed by atoms with Crippen LogP contribution in [0.1, 0.15) is 11.3 Å². The number of carbonyl (C=O) groups is 1. The molecule has 0 unspecified atom stereocenters. The van der Waals surface area contributed by atoms with Gasteiger partial charge < -0.3 is 5.11 Å². The lowest BCUT2D eigenvalue weighted by molar-refractivity contribution is -0.139. The van der Waals surface area contributed by atoms with Crippen molar-refractivity contribution in [3.8, 4) is 0 Å². The zero-order valence-corrected chi connectivity index (χ0v) is 8.54. The number of hydrogen-bond donors (Lipinski definition) is 1. The van der Waals surface area contributed by atoms with E-state index in [1.807, 2.05) is 11.7 Å². The van der Waals surface area contributed by atoms with E-state index in [2.05, 4.69) is 9.88 Å². The molecule has 0 saturated carbocycles. The molecular formula is C9H12N2O2S. The van der Waals surface area contributed by atoms with Gasteiger partial charge in [-0.3, -0.25) is 14.7 Å². The Morgan fingerprint density at radius 2 is 2.50 bits per heavy atom. The van der Waals surface area contributed by atoms with Crippen LogP contribution in [0.15, 0.2) is 11.7 Å². The molecule has 1 aliphatic heterocycles. The van der Waals surface area contributed by atoms with Gasteiger partial charge in [0.25, 0.3) is 0 Å². The Morgan fingerprint density at radius 3 is 3.07 bits per heavy atom. The van der Waals surface area contributed by atoms with E-state index in [-0.39, 0.29) is 0 Å². The van der Waals surface area contributed by atoms with Crippen molar-refractivity contribution in [3.05, 3.63) is 16.6 Å². The largest absolute Gasteiger partial charge is 0.481 e. The number of carboxylic acids is 1. The highest BCUT2D eigenvalue weighted by atomic mass is 32.1. The molecule has 5 heteroatoms. The molecule has 1 aromatic heterocycles. The van der Waals surface area contributed by atoms with Gasteiger partial charge in [-0.2, -0.15) is 0 Å². The third kappa shape index (κ3) is 2.30. The maximum atomic E-state index is 10.4. The molecule has 2 heterocycles. The minimum absolute atomic E-state index is 0.305. The Labute approximate surface area is 86.2 Å². The smallest absolute Gasteiger partial charge is 0.303 e. The van der Waals surface area contributed by atoms with E-state index in [4.69, 9.17) is 5.11 Å². The van der Waals surface area contributed by atoms with Gasteiger partial charge in [0, 0.05) is 30.7 Å². The Hall–Kier alpha value is -0.940. The first kappa shape index (κ1) is 9.61. The molecule has 0 bridgehead atoms. The van der Waals surface area contributed by atoms with Gasteiger partial charge in [0.2, 0.25) is 0 Å². The fourth-order valence-electron chi connectivity index (χ4n) is 1.72. The number of rotatable bonds is 4. The van der Waals surface area contributed by atoms with Crippen LogP contribution in [0.5, 0.6) is 0 Å². The normalized spacial score (nSPS) is 18.0. The van der Waals surface area contributed by atoms with Crippen molar-refractivity contribution in [1.82, 2.24) is 9.88 Å². The molecule has 1 N–H and O–H groups in total. The summed E-state index contributed by atoms with van der Waals surface area (Å²) in [4.78, 5) is 17.9. The van der Waals surface area contributed by atoms with E-state index in [0.29, 0.717) is 12.3 Å². The van der Waals surface area contributed by atoms with Gasteiger partial charge in [-0.05, 0) is 5.92 Å². The molecule has 1 aliphatic rings. The first-order valence-electron chi connectivity index (χ1n) is 4.55. The molecule has 0 spiro atoms. The van der Waals surface area contributed by atoms with E-state index >= 15 is 0 Å². The van der Waals surface area contributed by atoms with Crippen molar-refractivity contribution >= 4 is 17.3 Å². The quantitative estimate of drug-likeness (QED) is 0.810. The van der Waals surface area contributed by atoms with Gasteiger partial charge in [0.1, 0.15) is 0 Å². The maximum absolute atomic E-state index is 10.4. The third-order valence-electron chi connectivity index (χ3n) is 2.36. The lowest BCUT2D eigenvalue weighted by atomic mass is 9.96. The lowest BCUT2D eigenvalue weighted by Gasteiger charge is -2.38.